The molecule has 19 heavy (non-hydrogen) atoms. The lowest BCUT2D eigenvalue weighted by Gasteiger charge is -2.10. The van der Waals surface area contributed by atoms with Crippen molar-refractivity contribution in [3.05, 3.63) is 53.6 Å². The van der Waals surface area contributed by atoms with Gasteiger partial charge in [-0.1, -0.05) is 18.2 Å². The fourth-order valence-corrected chi connectivity index (χ4v) is 2.66. The second-order valence-electron chi connectivity index (χ2n) is 4.91. The molecular formula is C17H17NO. The van der Waals surface area contributed by atoms with Crippen LogP contribution in [0.2, 0.25) is 0 Å². The predicted molar refractivity (Wildman–Crippen MR) is 79.8 cm³/mol. The van der Waals surface area contributed by atoms with Crippen LogP contribution in [0.4, 0.5) is 0 Å². The fraction of sp³-hybridized carbons (Fsp3) is 0.176. The number of hydrogen-bond acceptors (Lipinski definition) is 1. The Morgan fingerprint density at radius 2 is 1.63 bits per heavy atom. The Balaban J connectivity index is 2.16. The summed E-state index contributed by atoms with van der Waals surface area (Å²) in [5.41, 5.74) is 5.85. The number of methoxy groups -OCH3 is 1. The quantitative estimate of drug-likeness (QED) is 0.714. The predicted octanol–water partition coefficient (Wildman–Crippen LogP) is 4.46. The first-order chi connectivity index (χ1) is 9.19. The normalized spacial score (nSPS) is 10.9. The van der Waals surface area contributed by atoms with Crippen molar-refractivity contribution in [3.63, 3.8) is 0 Å². The minimum Gasteiger partial charge on any atom is -0.496 e. The van der Waals surface area contributed by atoms with Crippen LogP contribution in [0.3, 0.4) is 0 Å². The lowest BCUT2D eigenvalue weighted by atomic mass is 10.0. The van der Waals surface area contributed by atoms with Crippen molar-refractivity contribution in [2.24, 2.45) is 0 Å². The van der Waals surface area contributed by atoms with Gasteiger partial charge in [-0.05, 0) is 54.8 Å². The van der Waals surface area contributed by atoms with Gasteiger partial charge in [0, 0.05) is 16.6 Å². The van der Waals surface area contributed by atoms with Gasteiger partial charge in [-0.3, -0.25) is 0 Å². The summed E-state index contributed by atoms with van der Waals surface area (Å²) in [4.78, 5) is 3.46. The van der Waals surface area contributed by atoms with Crippen LogP contribution in [-0.4, -0.2) is 12.1 Å². The maximum atomic E-state index is 5.42. The molecule has 1 heterocycles. The summed E-state index contributed by atoms with van der Waals surface area (Å²) in [6.45, 7) is 4.16. The van der Waals surface area contributed by atoms with E-state index in [0.717, 1.165) is 22.6 Å². The van der Waals surface area contributed by atoms with Gasteiger partial charge in [0.2, 0.25) is 0 Å². The molecule has 3 aromatic rings. The van der Waals surface area contributed by atoms with Crippen LogP contribution in [0.5, 0.6) is 5.75 Å². The van der Waals surface area contributed by atoms with Crippen molar-refractivity contribution in [3.8, 4) is 17.0 Å². The van der Waals surface area contributed by atoms with Gasteiger partial charge in [0.05, 0.1) is 7.11 Å². The lowest BCUT2D eigenvalue weighted by molar-refractivity contribution is 0.408. The number of fused-ring (bicyclic) bond motifs is 1. The van der Waals surface area contributed by atoms with E-state index in [2.05, 4.69) is 55.2 Å². The molecule has 2 nitrogen and oxygen atoms in total. The lowest BCUT2D eigenvalue weighted by Crippen LogP contribution is -1.92. The summed E-state index contributed by atoms with van der Waals surface area (Å²) in [6.07, 6.45) is 0. The first kappa shape index (κ1) is 11.8. The molecule has 96 valence electrons. The number of hydrogen-bond donors (Lipinski definition) is 1. The summed E-state index contributed by atoms with van der Waals surface area (Å²) in [5.74, 6) is 0.972. The molecule has 0 radical (unpaired) electrons. The van der Waals surface area contributed by atoms with Crippen LogP contribution in [-0.2, 0) is 0 Å². The molecule has 0 bridgehead atoms. The first-order valence-corrected chi connectivity index (χ1v) is 6.42. The molecule has 0 spiro atoms. The number of benzene rings is 2. The molecule has 0 fully saturated rings. The highest BCUT2D eigenvalue weighted by Crippen LogP contribution is 2.31. The monoisotopic (exact) mass is 251 g/mol. The maximum absolute atomic E-state index is 5.42. The summed E-state index contributed by atoms with van der Waals surface area (Å²) in [5, 5.41) is 1.24. The first-order valence-electron chi connectivity index (χ1n) is 6.42. The molecule has 0 aliphatic rings. The van der Waals surface area contributed by atoms with E-state index in [-0.39, 0.29) is 0 Å². The molecule has 2 heteroatoms. The molecule has 0 saturated heterocycles. The van der Waals surface area contributed by atoms with Crippen molar-refractivity contribution in [1.29, 1.82) is 0 Å². The Kier molecular flexibility index (Phi) is 2.79. The van der Waals surface area contributed by atoms with Crippen LogP contribution >= 0.6 is 0 Å². The molecule has 3 rings (SSSR count). The van der Waals surface area contributed by atoms with E-state index in [4.69, 9.17) is 4.74 Å². The third-order valence-electron chi connectivity index (χ3n) is 3.51. The summed E-state index contributed by atoms with van der Waals surface area (Å²) < 4.78 is 5.42. The minimum absolute atomic E-state index is 0.972. The highest BCUT2D eigenvalue weighted by atomic mass is 16.5. The molecule has 1 N–H and O–H groups in total. The van der Waals surface area contributed by atoms with Gasteiger partial charge in [-0.25, -0.2) is 0 Å². The van der Waals surface area contributed by atoms with Crippen molar-refractivity contribution >= 4 is 10.9 Å². The van der Waals surface area contributed by atoms with Crippen molar-refractivity contribution in [1.82, 2.24) is 4.98 Å². The van der Waals surface area contributed by atoms with E-state index in [9.17, 15) is 0 Å². The second kappa shape index (κ2) is 4.47. The van der Waals surface area contributed by atoms with Gasteiger partial charge in [-0.15, -0.1) is 0 Å². The van der Waals surface area contributed by atoms with Crippen LogP contribution in [0.15, 0.2) is 42.5 Å². The zero-order valence-electron chi connectivity index (χ0n) is 11.4. The van der Waals surface area contributed by atoms with Gasteiger partial charge in [-0.2, -0.15) is 0 Å². The number of nitrogens with one attached hydrogen (secondary N) is 1. The highest BCUT2D eigenvalue weighted by Gasteiger charge is 2.08. The topological polar surface area (TPSA) is 25.0 Å². The molecule has 0 amide bonds. The Bertz CT molecular complexity index is 684. The number of aryl methyl sites for hydroxylation is 2. The Morgan fingerprint density at radius 3 is 2.26 bits per heavy atom. The number of H-pyrrole nitrogens is 1. The van der Waals surface area contributed by atoms with E-state index in [1.807, 2.05) is 6.07 Å². The van der Waals surface area contributed by atoms with Gasteiger partial charge < -0.3 is 9.72 Å². The standard InChI is InChI=1S/C17H17NO/c1-11-8-14(9-12(2)17(11)19-3)16-10-13-6-4-5-7-15(13)18-16/h4-10,18H,1-3H3. The number of aromatic nitrogens is 1. The molecule has 0 aliphatic carbocycles. The van der Waals surface area contributed by atoms with Crippen LogP contribution in [0, 0.1) is 13.8 Å². The van der Waals surface area contributed by atoms with Gasteiger partial charge >= 0.3 is 0 Å². The zero-order valence-corrected chi connectivity index (χ0v) is 11.4. The molecule has 0 atom stereocenters. The van der Waals surface area contributed by atoms with E-state index < -0.39 is 0 Å². The molecule has 0 unspecified atom stereocenters. The third-order valence-corrected chi connectivity index (χ3v) is 3.51. The largest absolute Gasteiger partial charge is 0.496 e. The van der Waals surface area contributed by atoms with Crippen molar-refractivity contribution in [2.75, 3.05) is 7.11 Å². The van der Waals surface area contributed by atoms with E-state index in [1.54, 1.807) is 7.11 Å². The van der Waals surface area contributed by atoms with Crippen molar-refractivity contribution in [2.45, 2.75) is 13.8 Å². The van der Waals surface area contributed by atoms with Crippen molar-refractivity contribution < 1.29 is 4.74 Å². The summed E-state index contributed by atoms with van der Waals surface area (Å²) in [7, 11) is 1.72. The van der Waals surface area contributed by atoms with Gasteiger partial charge in [0.1, 0.15) is 5.75 Å². The minimum atomic E-state index is 0.972. The maximum Gasteiger partial charge on any atom is 0.124 e. The Hall–Kier alpha value is -2.22. The Labute approximate surface area is 113 Å². The SMILES string of the molecule is COc1c(C)cc(-c2cc3ccccc3[nH]2)cc1C. The second-order valence-corrected chi connectivity index (χ2v) is 4.91. The summed E-state index contributed by atoms with van der Waals surface area (Å²) in [6, 6.07) is 14.8. The van der Waals surface area contributed by atoms with Crippen LogP contribution in [0.1, 0.15) is 11.1 Å². The highest BCUT2D eigenvalue weighted by molar-refractivity contribution is 5.86. The fourth-order valence-electron chi connectivity index (χ4n) is 2.66. The van der Waals surface area contributed by atoms with E-state index in [1.165, 1.54) is 16.5 Å². The van der Waals surface area contributed by atoms with E-state index >= 15 is 0 Å². The third kappa shape index (κ3) is 1.99. The number of ether oxygens (including phenoxy) is 1. The van der Waals surface area contributed by atoms with Crippen LogP contribution < -0.4 is 4.74 Å². The molecular weight excluding hydrogens is 234 g/mol. The number of rotatable bonds is 2. The molecule has 2 aromatic carbocycles. The van der Waals surface area contributed by atoms with Gasteiger partial charge in [0.15, 0.2) is 0 Å². The molecule has 0 aliphatic heterocycles. The van der Waals surface area contributed by atoms with E-state index in [0.29, 0.717) is 0 Å². The average Bonchev–Trinajstić information content (AvgIpc) is 2.82. The summed E-state index contributed by atoms with van der Waals surface area (Å²) >= 11 is 0. The number of aromatic amines is 1. The van der Waals surface area contributed by atoms with Gasteiger partial charge in [0.25, 0.3) is 0 Å². The number of para-hydroxylation sites is 1. The smallest absolute Gasteiger partial charge is 0.124 e. The Morgan fingerprint density at radius 1 is 0.947 bits per heavy atom. The molecule has 0 saturated carbocycles. The zero-order chi connectivity index (χ0) is 13.4. The van der Waals surface area contributed by atoms with Crippen LogP contribution in [0.25, 0.3) is 22.2 Å². The molecule has 1 aromatic heterocycles. The average molecular weight is 251 g/mol.